The van der Waals surface area contributed by atoms with Crippen LogP contribution in [0.15, 0.2) is 0 Å². The number of carbonyl (C=O) groups is 1. The van der Waals surface area contributed by atoms with Gasteiger partial charge in [0.2, 0.25) is 5.91 Å². The molecule has 0 saturated carbocycles. The lowest BCUT2D eigenvalue weighted by atomic mass is 10.0. The van der Waals surface area contributed by atoms with Gasteiger partial charge in [0.1, 0.15) is 0 Å². The molecule has 0 aliphatic carbocycles. The minimum Gasteiger partial charge on any atom is -0.341 e. The van der Waals surface area contributed by atoms with E-state index in [-0.39, 0.29) is 0 Å². The Balaban J connectivity index is 4.34. The number of hydrogen-bond donors (Lipinski definition) is 1. The molecule has 0 aromatic carbocycles. The molecule has 0 aromatic heterocycles. The minimum absolute atomic E-state index is 0.305. The van der Waals surface area contributed by atoms with Gasteiger partial charge in [-0.2, -0.15) is 0 Å². The standard InChI is InChI=1S/C17H37N3O/c1-6-19(7-2)12-13-20(14-15(3)4)17(21)9-8-16(5)10-11-18/h15-16H,6-14,18H2,1-5H3. The van der Waals surface area contributed by atoms with E-state index in [4.69, 9.17) is 5.73 Å². The highest BCUT2D eigenvalue weighted by molar-refractivity contribution is 5.76. The highest BCUT2D eigenvalue weighted by atomic mass is 16.2. The summed E-state index contributed by atoms with van der Waals surface area (Å²) in [4.78, 5) is 16.9. The maximum Gasteiger partial charge on any atom is 0.222 e. The summed E-state index contributed by atoms with van der Waals surface area (Å²) in [5.41, 5.74) is 5.57. The quantitative estimate of drug-likeness (QED) is 0.602. The molecule has 0 bridgehead atoms. The molecule has 0 heterocycles. The van der Waals surface area contributed by atoms with Crippen LogP contribution in [-0.4, -0.2) is 55.0 Å². The normalized spacial score (nSPS) is 13.0. The van der Waals surface area contributed by atoms with E-state index < -0.39 is 0 Å². The maximum atomic E-state index is 12.5. The summed E-state index contributed by atoms with van der Waals surface area (Å²) in [6.45, 7) is 16.4. The van der Waals surface area contributed by atoms with Gasteiger partial charge in [-0.05, 0) is 44.3 Å². The van der Waals surface area contributed by atoms with E-state index in [2.05, 4.69) is 44.4 Å². The average Bonchev–Trinajstić information content (AvgIpc) is 2.44. The Morgan fingerprint density at radius 2 is 1.67 bits per heavy atom. The molecular formula is C17H37N3O. The molecule has 0 fully saturated rings. The van der Waals surface area contributed by atoms with Crippen molar-refractivity contribution in [2.45, 2.75) is 53.9 Å². The highest BCUT2D eigenvalue weighted by Crippen LogP contribution is 2.12. The monoisotopic (exact) mass is 299 g/mol. The molecule has 126 valence electrons. The van der Waals surface area contributed by atoms with Gasteiger partial charge in [-0.25, -0.2) is 0 Å². The second-order valence-corrected chi connectivity index (χ2v) is 6.48. The Morgan fingerprint density at radius 3 is 2.14 bits per heavy atom. The summed E-state index contributed by atoms with van der Waals surface area (Å²) in [7, 11) is 0. The van der Waals surface area contributed by atoms with Gasteiger partial charge in [-0.15, -0.1) is 0 Å². The van der Waals surface area contributed by atoms with Crippen molar-refractivity contribution in [3.8, 4) is 0 Å². The molecule has 1 amide bonds. The largest absolute Gasteiger partial charge is 0.341 e. The molecule has 1 unspecified atom stereocenters. The van der Waals surface area contributed by atoms with Crippen LogP contribution in [0.2, 0.25) is 0 Å². The molecular weight excluding hydrogens is 262 g/mol. The van der Waals surface area contributed by atoms with Gasteiger partial charge in [0.15, 0.2) is 0 Å². The van der Waals surface area contributed by atoms with Crippen LogP contribution < -0.4 is 5.73 Å². The summed E-state index contributed by atoms with van der Waals surface area (Å²) in [5, 5.41) is 0. The zero-order valence-electron chi connectivity index (χ0n) is 14.9. The molecule has 0 rings (SSSR count). The summed E-state index contributed by atoms with van der Waals surface area (Å²) >= 11 is 0. The molecule has 4 heteroatoms. The zero-order chi connectivity index (χ0) is 16.3. The van der Waals surface area contributed by atoms with E-state index in [0.29, 0.717) is 30.7 Å². The first-order chi connectivity index (χ1) is 9.94. The molecule has 0 aliphatic rings. The molecule has 0 saturated heterocycles. The second kappa shape index (κ2) is 12.0. The number of hydrogen-bond acceptors (Lipinski definition) is 3. The first-order valence-corrected chi connectivity index (χ1v) is 8.64. The SMILES string of the molecule is CCN(CC)CCN(CC(C)C)C(=O)CCC(C)CCN. The van der Waals surface area contributed by atoms with E-state index >= 15 is 0 Å². The van der Waals surface area contributed by atoms with Crippen LogP contribution in [0.3, 0.4) is 0 Å². The first-order valence-electron chi connectivity index (χ1n) is 8.64. The predicted molar refractivity (Wildman–Crippen MR) is 91.3 cm³/mol. The van der Waals surface area contributed by atoms with E-state index in [1.54, 1.807) is 0 Å². The van der Waals surface area contributed by atoms with E-state index in [1.807, 2.05) is 0 Å². The number of rotatable bonds is 12. The topological polar surface area (TPSA) is 49.6 Å². The molecule has 0 aromatic rings. The van der Waals surface area contributed by atoms with E-state index in [9.17, 15) is 4.79 Å². The van der Waals surface area contributed by atoms with Crippen LogP contribution in [0.25, 0.3) is 0 Å². The van der Waals surface area contributed by atoms with Crippen molar-refractivity contribution in [1.82, 2.24) is 9.80 Å². The van der Waals surface area contributed by atoms with Crippen molar-refractivity contribution in [1.29, 1.82) is 0 Å². The van der Waals surface area contributed by atoms with Crippen LogP contribution in [0.1, 0.15) is 53.9 Å². The molecule has 0 aliphatic heterocycles. The fourth-order valence-electron chi connectivity index (χ4n) is 2.52. The van der Waals surface area contributed by atoms with Crippen molar-refractivity contribution >= 4 is 5.91 Å². The van der Waals surface area contributed by atoms with Crippen LogP contribution >= 0.6 is 0 Å². The fourth-order valence-corrected chi connectivity index (χ4v) is 2.52. The third kappa shape index (κ3) is 9.86. The van der Waals surface area contributed by atoms with Gasteiger partial charge < -0.3 is 15.5 Å². The van der Waals surface area contributed by atoms with Gasteiger partial charge in [0.25, 0.3) is 0 Å². The van der Waals surface area contributed by atoms with Gasteiger partial charge in [0.05, 0.1) is 0 Å². The number of likely N-dealkylation sites (N-methyl/N-ethyl adjacent to an activating group) is 1. The molecule has 1 atom stereocenters. The van der Waals surface area contributed by atoms with Crippen molar-refractivity contribution in [3.63, 3.8) is 0 Å². The lowest BCUT2D eigenvalue weighted by molar-refractivity contribution is -0.132. The minimum atomic E-state index is 0.305. The fraction of sp³-hybridized carbons (Fsp3) is 0.941. The van der Waals surface area contributed by atoms with Gasteiger partial charge in [-0.3, -0.25) is 4.79 Å². The highest BCUT2D eigenvalue weighted by Gasteiger charge is 2.16. The van der Waals surface area contributed by atoms with Crippen molar-refractivity contribution in [3.05, 3.63) is 0 Å². The first kappa shape index (κ1) is 20.4. The molecule has 0 spiro atoms. The average molecular weight is 300 g/mol. The lowest BCUT2D eigenvalue weighted by Gasteiger charge is -2.28. The third-order valence-electron chi connectivity index (χ3n) is 4.03. The van der Waals surface area contributed by atoms with Crippen LogP contribution in [0.5, 0.6) is 0 Å². The van der Waals surface area contributed by atoms with Crippen molar-refractivity contribution in [2.75, 3.05) is 39.3 Å². The lowest BCUT2D eigenvalue weighted by Crippen LogP contribution is -2.40. The van der Waals surface area contributed by atoms with Crippen molar-refractivity contribution in [2.24, 2.45) is 17.6 Å². The summed E-state index contributed by atoms with van der Waals surface area (Å²) in [6, 6.07) is 0. The Labute approximate surface area is 132 Å². The number of nitrogens with two attached hydrogens (primary N) is 1. The second-order valence-electron chi connectivity index (χ2n) is 6.48. The van der Waals surface area contributed by atoms with Gasteiger partial charge >= 0.3 is 0 Å². The Bertz CT molecular complexity index is 265. The molecule has 21 heavy (non-hydrogen) atoms. The summed E-state index contributed by atoms with van der Waals surface area (Å²) in [5.74, 6) is 1.37. The predicted octanol–water partition coefficient (Wildman–Crippen LogP) is 2.58. The van der Waals surface area contributed by atoms with Gasteiger partial charge in [-0.1, -0.05) is 34.6 Å². The maximum absolute atomic E-state index is 12.5. The number of nitrogens with zero attached hydrogens (tertiary/aromatic N) is 2. The van der Waals surface area contributed by atoms with Gasteiger partial charge in [0, 0.05) is 26.1 Å². The number of amides is 1. The number of carbonyl (C=O) groups excluding carboxylic acids is 1. The Kier molecular flexibility index (Phi) is 11.6. The third-order valence-corrected chi connectivity index (χ3v) is 4.03. The molecule has 2 N–H and O–H groups in total. The summed E-state index contributed by atoms with van der Waals surface area (Å²) in [6.07, 6.45) is 2.62. The van der Waals surface area contributed by atoms with E-state index in [1.165, 1.54) is 0 Å². The van der Waals surface area contributed by atoms with Crippen LogP contribution in [-0.2, 0) is 4.79 Å². The van der Waals surface area contributed by atoms with Crippen LogP contribution in [0.4, 0.5) is 0 Å². The molecule has 4 nitrogen and oxygen atoms in total. The summed E-state index contributed by atoms with van der Waals surface area (Å²) < 4.78 is 0. The Morgan fingerprint density at radius 1 is 1.05 bits per heavy atom. The molecule has 0 radical (unpaired) electrons. The Hall–Kier alpha value is -0.610. The van der Waals surface area contributed by atoms with E-state index in [0.717, 1.165) is 45.6 Å². The van der Waals surface area contributed by atoms with Crippen LogP contribution in [0, 0.1) is 11.8 Å². The zero-order valence-corrected chi connectivity index (χ0v) is 14.9. The van der Waals surface area contributed by atoms with Crippen molar-refractivity contribution < 1.29 is 4.79 Å². The smallest absolute Gasteiger partial charge is 0.222 e.